The molecule has 0 saturated carbocycles. The fraction of sp³-hybridized carbons (Fsp3) is 0.474. The lowest BCUT2D eigenvalue weighted by molar-refractivity contribution is -0.122. The minimum absolute atomic E-state index is 0.0804. The number of carbonyl (C=O) groups excluding carboxylic acids is 2. The molecule has 2 heterocycles. The second-order valence-electron chi connectivity index (χ2n) is 6.62. The first-order valence-electron chi connectivity index (χ1n) is 8.86. The van der Waals surface area contributed by atoms with Gasteiger partial charge in [0, 0.05) is 25.3 Å². The summed E-state index contributed by atoms with van der Waals surface area (Å²) < 4.78 is 5.23. The van der Waals surface area contributed by atoms with E-state index in [-0.39, 0.29) is 17.7 Å². The van der Waals surface area contributed by atoms with Crippen molar-refractivity contribution in [2.24, 2.45) is 11.7 Å². The van der Waals surface area contributed by atoms with E-state index in [4.69, 9.17) is 10.5 Å². The van der Waals surface area contributed by atoms with Gasteiger partial charge < -0.3 is 20.7 Å². The number of carbonyl (C=O) groups is 2. The molecule has 2 amide bonds. The van der Waals surface area contributed by atoms with Gasteiger partial charge in [-0.05, 0) is 37.3 Å². The number of amides is 2. The van der Waals surface area contributed by atoms with Crippen LogP contribution in [0.2, 0.25) is 0 Å². The predicted octanol–water partition coefficient (Wildman–Crippen LogP) is 1.70. The molecule has 6 heteroatoms. The summed E-state index contributed by atoms with van der Waals surface area (Å²) in [4.78, 5) is 26.0. The van der Waals surface area contributed by atoms with Crippen LogP contribution in [0.3, 0.4) is 0 Å². The molecule has 2 aliphatic heterocycles. The third-order valence-electron chi connectivity index (χ3n) is 4.82. The van der Waals surface area contributed by atoms with E-state index in [2.05, 4.69) is 10.2 Å². The van der Waals surface area contributed by atoms with Gasteiger partial charge >= 0.3 is 0 Å². The van der Waals surface area contributed by atoms with E-state index in [1.54, 1.807) is 6.26 Å². The van der Waals surface area contributed by atoms with Crippen molar-refractivity contribution in [3.63, 3.8) is 0 Å². The number of benzene rings is 1. The van der Waals surface area contributed by atoms with E-state index >= 15 is 0 Å². The summed E-state index contributed by atoms with van der Waals surface area (Å²) in [6, 6.07) is 7.98. The van der Waals surface area contributed by atoms with Crippen molar-refractivity contribution < 1.29 is 14.3 Å². The van der Waals surface area contributed by atoms with E-state index in [0.29, 0.717) is 25.3 Å². The zero-order valence-electron chi connectivity index (χ0n) is 14.4. The average molecular weight is 343 g/mol. The van der Waals surface area contributed by atoms with Crippen LogP contribution in [-0.4, -0.2) is 31.5 Å². The molecule has 0 spiro atoms. The quantitative estimate of drug-likeness (QED) is 0.852. The van der Waals surface area contributed by atoms with Crippen LogP contribution in [0.5, 0.6) is 0 Å². The second kappa shape index (κ2) is 8.05. The Hall–Kier alpha value is -2.50. The van der Waals surface area contributed by atoms with Crippen molar-refractivity contribution in [3.8, 4) is 0 Å². The molecule has 3 rings (SSSR count). The first kappa shape index (κ1) is 17.3. The van der Waals surface area contributed by atoms with Crippen molar-refractivity contribution >= 4 is 17.5 Å². The number of primary amides is 1. The Morgan fingerprint density at radius 3 is 2.88 bits per heavy atom. The Labute approximate surface area is 148 Å². The van der Waals surface area contributed by atoms with Crippen molar-refractivity contribution in [1.29, 1.82) is 0 Å². The van der Waals surface area contributed by atoms with Gasteiger partial charge in [-0.25, -0.2) is 0 Å². The van der Waals surface area contributed by atoms with Crippen LogP contribution < -0.4 is 16.0 Å². The van der Waals surface area contributed by atoms with E-state index in [9.17, 15) is 9.59 Å². The van der Waals surface area contributed by atoms with Crippen LogP contribution >= 0.6 is 0 Å². The van der Waals surface area contributed by atoms with Gasteiger partial charge in [-0.1, -0.05) is 18.2 Å². The maximum Gasteiger partial charge on any atom is 0.250 e. The highest BCUT2D eigenvalue weighted by Crippen LogP contribution is 2.26. The van der Waals surface area contributed by atoms with Gasteiger partial charge in [0.1, 0.15) is 0 Å². The maximum absolute atomic E-state index is 12.3. The zero-order chi connectivity index (χ0) is 17.6. The summed E-state index contributed by atoms with van der Waals surface area (Å²) in [5.41, 5.74) is 8.27. The van der Waals surface area contributed by atoms with Crippen molar-refractivity contribution in [2.75, 3.05) is 24.6 Å². The average Bonchev–Trinajstić information content (AvgIpc) is 2.67. The van der Waals surface area contributed by atoms with Crippen LogP contribution in [-0.2, 0) is 20.9 Å². The van der Waals surface area contributed by atoms with E-state index in [1.165, 1.54) is 0 Å². The predicted molar refractivity (Wildman–Crippen MR) is 95.7 cm³/mol. The molecule has 2 aliphatic rings. The highest BCUT2D eigenvalue weighted by Gasteiger charge is 2.25. The van der Waals surface area contributed by atoms with Crippen LogP contribution in [0.25, 0.3) is 0 Å². The highest BCUT2D eigenvalue weighted by atomic mass is 16.5. The maximum atomic E-state index is 12.3. The Kier molecular flexibility index (Phi) is 5.58. The first-order valence-corrected chi connectivity index (χ1v) is 8.86. The fourth-order valence-corrected chi connectivity index (χ4v) is 3.42. The SMILES string of the molecule is NC(=O)C1CCCN(c2ccccc2CNC(=O)C2=COCCC2)C1. The van der Waals surface area contributed by atoms with Crippen LogP contribution in [0.1, 0.15) is 31.2 Å². The molecule has 25 heavy (non-hydrogen) atoms. The van der Waals surface area contributed by atoms with Crippen LogP contribution in [0, 0.1) is 5.92 Å². The van der Waals surface area contributed by atoms with Gasteiger partial charge in [-0.3, -0.25) is 9.59 Å². The summed E-state index contributed by atoms with van der Waals surface area (Å²) in [6.07, 6.45) is 4.97. The molecule has 1 aromatic rings. The highest BCUT2D eigenvalue weighted by molar-refractivity contribution is 5.93. The minimum Gasteiger partial charge on any atom is -0.501 e. The molecule has 1 unspecified atom stereocenters. The molecule has 0 radical (unpaired) electrons. The monoisotopic (exact) mass is 343 g/mol. The molecule has 1 aromatic carbocycles. The molecule has 1 fully saturated rings. The standard InChI is InChI=1S/C19H25N3O3/c20-18(23)15-6-3-9-22(12-15)17-8-2-1-5-14(17)11-21-19(24)16-7-4-10-25-13-16/h1-2,5,8,13,15H,3-4,6-7,9-12H2,(H2,20,23)(H,21,24). The molecule has 134 valence electrons. The van der Waals surface area contributed by atoms with Crippen molar-refractivity contribution in [1.82, 2.24) is 5.32 Å². The number of nitrogens with one attached hydrogen (secondary N) is 1. The zero-order valence-corrected chi connectivity index (χ0v) is 14.4. The number of ether oxygens (including phenoxy) is 1. The number of rotatable bonds is 5. The molecule has 0 aliphatic carbocycles. The molecular weight excluding hydrogens is 318 g/mol. The molecule has 0 aromatic heterocycles. The van der Waals surface area contributed by atoms with Gasteiger partial charge in [0.15, 0.2) is 0 Å². The lowest BCUT2D eigenvalue weighted by Gasteiger charge is -2.34. The Morgan fingerprint density at radius 2 is 2.12 bits per heavy atom. The fourth-order valence-electron chi connectivity index (χ4n) is 3.42. The van der Waals surface area contributed by atoms with Crippen molar-refractivity contribution in [2.45, 2.75) is 32.2 Å². The number of nitrogens with zero attached hydrogens (tertiary/aromatic N) is 1. The van der Waals surface area contributed by atoms with E-state index < -0.39 is 0 Å². The normalized spacial score (nSPS) is 20.4. The number of piperidine rings is 1. The summed E-state index contributed by atoms with van der Waals surface area (Å²) in [7, 11) is 0. The van der Waals surface area contributed by atoms with Gasteiger partial charge in [0.25, 0.3) is 5.91 Å². The number of para-hydroxylation sites is 1. The lowest BCUT2D eigenvalue weighted by atomic mass is 9.96. The Morgan fingerprint density at radius 1 is 1.28 bits per heavy atom. The molecule has 6 nitrogen and oxygen atoms in total. The Bertz CT molecular complexity index is 672. The van der Waals surface area contributed by atoms with Gasteiger partial charge in [-0.2, -0.15) is 0 Å². The largest absolute Gasteiger partial charge is 0.501 e. The molecule has 1 saturated heterocycles. The number of hydrogen-bond donors (Lipinski definition) is 2. The molecule has 0 bridgehead atoms. The minimum atomic E-state index is -0.236. The van der Waals surface area contributed by atoms with E-state index in [1.807, 2.05) is 24.3 Å². The van der Waals surface area contributed by atoms with Gasteiger partial charge in [0.05, 0.1) is 24.4 Å². The first-order chi connectivity index (χ1) is 12.1. The van der Waals surface area contributed by atoms with Gasteiger partial charge in [-0.15, -0.1) is 0 Å². The lowest BCUT2D eigenvalue weighted by Crippen LogP contribution is -2.41. The third-order valence-corrected chi connectivity index (χ3v) is 4.82. The number of nitrogens with two attached hydrogens (primary N) is 1. The topological polar surface area (TPSA) is 84.7 Å². The summed E-state index contributed by atoms with van der Waals surface area (Å²) in [5.74, 6) is -0.427. The summed E-state index contributed by atoms with van der Waals surface area (Å²) >= 11 is 0. The smallest absolute Gasteiger partial charge is 0.250 e. The second-order valence-corrected chi connectivity index (χ2v) is 6.62. The molecule has 1 atom stereocenters. The molecular formula is C19H25N3O3. The van der Waals surface area contributed by atoms with E-state index in [0.717, 1.165) is 43.5 Å². The van der Waals surface area contributed by atoms with Crippen LogP contribution in [0.4, 0.5) is 5.69 Å². The third kappa shape index (κ3) is 4.32. The number of hydrogen-bond acceptors (Lipinski definition) is 4. The number of anilines is 1. The Balaban J connectivity index is 1.67. The summed E-state index contributed by atoms with van der Waals surface area (Å²) in [6.45, 7) is 2.66. The van der Waals surface area contributed by atoms with Gasteiger partial charge in [0.2, 0.25) is 5.91 Å². The molecule has 3 N–H and O–H groups in total. The van der Waals surface area contributed by atoms with Crippen LogP contribution in [0.15, 0.2) is 36.1 Å². The summed E-state index contributed by atoms with van der Waals surface area (Å²) in [5, 5.41) is 2.98. The van der Waals surface area contributed by atoms with Crippen molar-refractivity contribution in [3.05, 3.63) is 41.7 Å².